The molecule has 276 valence electrons. The predicted octanol–water partition coefficient (Wildman–Crippen LogP) is 13.6. The van der Waals surface area contributed by atoms with Crippen molar-refractivity contribution in [3.63, 3.8) is 0 Å². The SMILES string of the molecule is CCCCCCCCCCOc1cc(C[N+](CC)(CC)CC)cc(OCCCCCCCCCC)c1OCCCCCCCCCC. The Morgan fingerprint density at radius 1 is 0.383 bits per heavy atom. The molecule has 1 rings (SSSR count). The quantitative estimate of drug-likeness (QED) is 0.0535. The number of nitrogens with zero attached hydrogens (tertiary/aromatic N) is 1. The second-order valence-corrected chi connectivity index (χ2v) is 14.3. The van der Waals surface area contributed by atoms with E-state index in [1.807, 2.05) is 0 Å². The van der Waals surface area contributed by atoms with Crippen molar-refractivity contribution in [2.45, 2.75) is 202 Å². The summed E-state index contributed by atoms with van der Waals surface area (Å²) in [4.78, 5) is 0. The zero-order valence-corrected chi connectivity index (χ0v) is 32.7. The van der Waals surface area contributed by atoms with Crippen LogP contribution in [0.2, 0.25) is 0 Å². The number of quaternary nitrogens is 1. The van der Waals surface area contributed by atoms with Crippen molar-refractivity contribution in [3.05, 3.63) is 17.7 Å². The monoisotopic (exact) mass is 661 g/mol. The molecular weight excluding hydrogens is 578 g/mol. The summed E-state index contributed by atoms with van der Waals surface area (Å²) in [6.07, 6.45) is 31.3. The summed E-state index contributed by atoms with van der Waals surface area (Å²) in [5.74, 6) is 2.65. The van der Waals surface area contributed by atoms with E-state index in [4.69, 9.17) is 14.2 Å². The second kappa shape index (κ2) is 30.6. The Labute approximate surface area is 294 Å². The van der Waals surface area contributed by atoms with Crippen molar-refractivity contribution < 1.29 is 18.7 Å². The van der Waals surface area contributed by atoms with E-state index >= 15 is 0 Å². The molecular formula is C43H82NO3+. The Kier molecular flexibility index (Phi) is 28.4. The molecule has 0 saturated carbocycles. The summed E-state index contributed by atoms with van der Waals surface area (Å²) in [7, 11) is 0. The number of hydrogen-bond donors (Lipinski definition) is 0. The molecule has 0 saturated heterocycles. The lowest BCUT2D eigenvalue weighted by Crippen LogP contribution is -2.46. The van der Waals surface area contributed by atoms with Crippen LogP contribution in [0.15, 0.2) is 12.1 Å². The third-order valence-electron chi connectivity index (χ3n) is 10.4. The molecule has 0 aliphatic heterocycles. The molecule has 0 atom stereocenters. The van der Waals surface area contributed by atoms with Gasteiger partial charge in [0.25, 0.3) is 0 Å². The van der Waals surface area contributed by atoms with Crippen LogP contribution in [0.1, 0.15) is 201 Å². The molecule has 0 amide bonds. The van der Waals surface area contributed by atoms with E-state index in [1.54, 1.807) is 0 Å². The third kappa shape index (κ3) is 21.3. The smallest absolute Gasteiger partial charge is 0.203 e. The van der Waals surface area contributed by atoms with Crippen LogP contribution in [-0.2, 0) is 6.54 Å². The van der Waals surface area contributed by atoms with Gasteiger partial charge < -0.3 is 18.7 Å². The van der Waals surface area contributed by atoms with Crippen molar-refractivity contribution in [3.8, 4) is 17.2 Å². The van der Waals surface area contributed by atoms with Gasteiger partial charge >= 0.3 is 0 Å². The highest BCUT2D eigenvalue weighted by atomic mass is 16.5. The summed E-state index contributed by atoms with van der Waals surface area (Å²) >= 11 is 0. The van der Waals surface area contributed by atoms with Crippen molar-refractivity contribution in [2.24, 2.45) is 0 Å². The van der Waals surface area contributed by atoms with Gasteiger partial charge in [-0.2, -0.15) is 0 Å². The van der Waals surface area contributed by atoms with Gasteiger partial charge in [0, 0.05) is 5.56 Å². The zero-order valence-electron chi connectivity index (χ0n) is 32.7. The van der Waals surface area contributed by atoms with Gasteiger partial charge in [0.1, 0.15) is 6.54 Å². The number of benzene rings is 1. The average Bonchev–Trinajstić information content (AvgIpc) is 3.09. The fraction of sp³-hybridized carbons (Fsp3) is 0.860. The molecule has 0 N–H and O–H groups in total. The van der Waals surface area contributed by atoms with Crippen LogP contribution in [0.4, 0.5) is 0 Å². The first-order valence-corrected chi connectivity index (χ1v) is 21.0. The minimum atomic E-state index is 0.732. The fourth-order valence-electron chi connectivity index (χ4n) is 6.72. The molecule has 1 aromatic rings. The molecule has 0 radical (unpaired) electrons. The second-order valence-electron chi connectivity index (χ2n) is 14.3. The minimum absolute atomic E-state index is 0.732. The maximum absolute atomic E-state index is 6.59. The van der Waals surface area contributed by atoms with E-state index in [1.165, 1.54) is 140 Å². The highest BCUT2D eigenvalue weighted by Gasteiger charge is 2.24. The normalized spacial score (nSPS) is 11.7. The van der Waals surface area contributed by atoms with Crippen LogP contribution in [0.5, 0.6) is 17.2 Å². The first kappa shape index (κ1) is 43.6. The molecule has 0 aliphatic rings. The Hall–Kier alpha value is -1.42. The summed E-state index contributed by atoms with van der Waals surface area (Å²) < 4.78 is 20.8. The van der Waals surface area contributed by atoms with Gasteiger partial charge in [-0.3, -0.25) is 0 Å². The Balaban J connectivity index is 2.96. The lowest BCUT2D eigenvalue weighted by molar-refractivity contribution is -0.936. The average molecular weight is 661 g/mol. The van der Waals surface area contributed by atoms with E-state index in [0.717, 1.165) is 87.0 Å². The molecule has 0 aromatic heterocycles. The standard InChI is InChI=1S/C43H82NO3/c1-7-13-16-19-22-25-28-31-34-45-41-37-40(39-44(10-4,11-5)12-6)38-42(46-35-32-29-26-23-20-17-14-8-2)43(41)47-36-33-30-27-24-21-18-15-9-3/h37-38H,7-36,39H2,1-6H3/q+1. The summed E-state index contributed by atoms with van der Waals surface area (Å²) in [5.41, 5.74) is 1.31. The summed E-state index contributed by atoms with van der Waals surface area (Å²) in [6, 6.07) is 4.57. The van der Waals surface area contributed by atoms with Gasteiger partial charge in [0.15, 0.2) is 11.5 Å². The largest absolute Gasteiger partial charge is 0.490 e. The van der Waals surface area contributed by atoms with Crippen molar-refractivity contribution in [1.82, 2.24) is 0 Å². The van der Waals surface area contributed by atoms with Crippen LogP contribution in [-0.4, -0.2) is 43.9 Å². The fourth-order valence-corrected chi connectivity index (χ4v) is 6.72. The molecule has 47 heavy (non-hydrogen) atoms. The zero-order chi connectivity index (χ0) is 34.3. The minimum Gasteiger partial charge on any atom is -0.490 e. The molecule has 0 heterocycles. The van der Waals surface area contributed by atoms with Gasteiger partial charge in [-0.15, -0.1) is 0 Å². The molecule has 4 heteroatoms. The number of rotatable bonds is 35. The molecule has 0 spiro atoms. The highest BCUT2D eigenvalue weighted by Crippen LogP contribution is 2.40. The molecule has 1 aromatic carbocycles. The van der Waals surface area contributed by atoms with Crippen molar-refractivity contribution >= 4 is 0 Å². The summed E-state index contributed by atoms with van der Waals surface area (Å²) in [6.45, 7) is 20.5. The predicted molar refractivity (Wildman–Crippen MR) is 206 cm³/mol. The van der Waals surface area contributed by atoms with Gasteiger partial charge in [-0.05, 0) is 52.2 Å². The Morgan fingerprint density at radius 2 is 0.681 bits per heavy atom. The van der Waals surface area contributed by atoms with Crippen LogP contribution in [0.3, 0.4) is 0 Å². The summed E-state index contributed by atoms with van der Waals surface area (Å²) in [5, 5.41) is 0. The maximum Gasteiger partial charge on any atom is 0.203 e. The van der Waals surface area contributed by atoms with Crippen LogP contribution >= 0.6 is 0 Å². The molecule has 0 aliphatic carbocycles. The van der Waals surface area contributed by atoms with Crippen molar-refractivity contribution in [1.29, 1.82) is 0 Å². The van der Waals surface area contributed by atoms with Gasteiger partial charge in [-0.1, -0.05) is 156 Å². The van der Waals surface area contributed by atoms with E-state index < -0.39 is 0 Å². The van der Waals surface area contributed by atoms with Crippen LogP contribution < -0.4 is 14.2 Å². The topological polar surface area (TPSA) is 27.7 Å². The molecule has 0 fully saturated rings. The van der Waals surface area contributed by atoms with Gasteiger partial charge in [-0.25, -0.2) is 0 Å². The lowest BCUT2D eigenvalue weighted by atomic mass is 10.1. The van der Waals surface area contributed by atoms with Crippen LogP contribution in [0, 0.1) is 0 Å². The number of hydrogen-bond acceptors (Lipinski definition) is 3. The third-order valence-corrected chi connectivity index (χ3v) is 10.4. The van der Waals surface area contributed by atoms with Gasteiger partial charge in [0.05, 0.1) is 39.5 Å². The highest BCUT2D eigenvalue weighted by molar-refractivity contribution is 5.54. The van der Waals surface area contributed by atoms with E-state index in [-0.39, 0.29) is 0 Å². The molecule has 0 unspecified atom stereocenters. The number of ether oxygens (including phenoxy) is 3. The first-order valence-electron chi connectivity index (χ1n) is 21.0. The van der Waals surface area contributed by atoms with E-state index in [9.17, 15) is 0 Å². The molecule has 4 nitrogen and oxygen atoms in total. The maximum atomic E-state index is 6.59. The Bertz CT molecular complexity index is 770. The first-order chi connectivity index (χ1) is 23.1. The van der Waals surface area contributed by atoms with E-state index in [2.05, 4.69) is 53.7 Å². The van der Waals surface area contributed by atoms with E-state index in [0.29, 0.717) is 0 Å². The van der Waals surface area contributed by atoms with Crippen LogP contribution in [0.25, 0.3) is 0 Å². The lowest BCUT2D eigenvalue weighted by Gasteiger charge is -2.36. The van der Waals surface area contributed by atoms with Gasteiger partial charge in [0.2, 0.25) is 5.75 Å². The number of unbranched alkanes of at least 4 members (excludes halogenated alkanes) is 21. The Morgan fingerprint density at radius 3 is 1.00 bits per heavy atom. The van der Waals surface area contributed by atoms with Crippen molar-refractivity contribution in [2.75, 3.05) is 39.5 Å². The molecule has 0 bridgehead atoms.